The van der Waals surface area contributed by atoms with E-state index in [1.54, 1.807) is 54.5 Å². The first kappa shape index (κ1) is 34.9. The van der Waals surface area contributed by atoms with Crippen molar-refractivity contribution in [3.63, 3.8) is 0 Å². The minimum absolute atomic E-state index is 0.137. The Hall–Kier alpha value is -1.61. The van der Waals surface area contributed by atoms with Gasteiger partial charge in [-0.1, -0.05) is 38.2 Å². The number of nitrogens with zero attached hydrogens (tertiary/aromatic N) is 1. The second kappa shape index (κ2) is 14.0. The van der Waals surface area contributed by atoms with Crippen LogP contribution in [0.3, 0.4) is 0 Å². The molecule has 240 valence electrons. The summed E-state index contributed by atoms with van der Waals surface area (Å²) in [6.07, 6.45) is 3.90. The SMILES string of the molecule is CC1=NC(CCc2ccc(OCCCC3CCCCC3)c(C(F)(F)F)c2)(COP(=O)(OC(C)(C)C)OC(C)(C)C)CO1. The van der Waals surface area contributed by atoms with Crippen LogP contribution in [0.4, 0.5) is 13.2 Å². The van der Waals surface area contributed by atoms with Gasteiger partial charge in [0.15, 0.2) is 5.90 Å². The van der Waals surface area contributed by atoms with E-state index in [1.807, 2.05) is 0 Å². The van der Waals surface area contributed by atoms with E-state index in [0.717, 1.165) is 18.9 Å². The van der Waals surface area contributed by atoms with Crippen molar-refractivity contribution >= 4 is 13.7 Å². The van der Waals surface area contributed by atoms with Gasteiger partial charge in [-0.2, -0.15) is 13.2 Å². The summed E-state index contributed by atoms with van der Waals surface area (Å²) in [4.78, 5) is 4.60. The Kier molecular flexibility index (Phi) is 11.6. The van der Waals surface area contributed by atoms with Crippen LogP contribution >= 0.6 is 7.82 Å². The first-order valence-corrected chi connectivity index (χ1v) is 16.5. The number of hydrogen-bond acceptors (Lipinski definition) is 7. The molecule has 0 aromatic heterocycles. The average Bonchev–Trinajstić information content (AvgIpc) is 3.23. The van der Waals surface area contributed by atoms with Gasteiger partial charge in [0.05, 0.1) is 30.0 Å². The van der Waals surface area contributed by atoms with E-state index in [1.165, 1.54) is 38.2 Å². The number of benzene rings is 1. The molecule has 0 N–H and O–H groups in total. The van der Waals surface area contributed by atoms with Crippen LogP contribution in [0.1, 0.15) is 111 Å². The number of ether oxygens (including phenoxy) is 2. The fraction of sp³-hybridized carbons (Fsp3) is 0.774. The molecule has 0 saturated heterocycles. The highest BCUT2D eigenvalue weighted by atomic mass is 31.2. The van der Waals surface area contributed by atoms with Crippen molar-refractivity contribution in [3.05, 3.63) is 29.3 Å². The van der Waals surface area contributed by atoms with Crippen LogP contribution in [0, 0.1) is 5.92 Å². The Morgan fingerprint density at radius 2 is 1.67 bits per heavy atom. The number of halogens is 3. The third-order valence-electron chi connectivity index (χ3n) is 7.17. The molecule has 1 aliphatic carbocycles. The zero-order chi connectivity index (χ0) is 31.2. The standard InChI is InChI=1S/C31H49F3NO6P/c1-23-35-30(21-38-23,22-39-42(36,40-28(2,3)4)41-29(5,6)7)18-17-25-15-16-27(26(20-25)31(32,33)34)37-19-11-14-24-12-9-8-10-13-24/h15-16,20,24H,8-14,17-19,21-22H2,1-7H3. The molecule has 1 aromatic carbocycles. The quantitative estimate of drug-likeness (QED) is 0.162. The van der Waals surface area contributed by atoms with Crippen LogP contribution in [0.5, 0.6) is 5.75 Å². The highest BCUT2D eigenvalue weighted by Crippen LogP contribution is 2.56. The second-order valence-electron chi connectivity index (χ2n) is 13.6. The topological polar surface area (TPSA) is 75.6 Å². The van der Waals surface area contributed by atoms with Crippen molar-refractivity contribution in [1.29, 1.82) is 0 Å². The lowest BCUT2D eigenvalue weighted by molar-refractivity contribution is -0.139. The number of phosphoric acid groups is 1. The molecule has 0 amide bonds. The number of aliphatic imine (C=N–C) groups is 1. The lowest BCUT2D eigenvalue weighted by Crippen LogP contribution is -2.36. The fourth-order valence-electron chi connectivity index (χ4n) is 5.34. The lowest BCUT2D eigenvalue weighted by atomic mass is 9.86. The molecule has 3 rings (SSSR count). The van der Waals surface area contributed by atoms with Gasteiger partial charge in [-0.25, -0.2) is 9.56 Å². The summed E-state index contributed by atoms with van der Waals surface area (Å²) in [6.45, 7) is 12.4. The molecule has 0 radical (unpaired) electrons. The third kappa shape index (κ3) is 11.5. The molecule has 1 aliphatic heterocycles. The van der Waals surface area contributed by atoms with E-state index in [2.05, 4.69) is 4.99 Å². The van der Waals surface area contributed by atoms with E-state index in [0.29, 0.717) is 23.8 Å². The molecule has 1 heterocycles. The normalized spacial score (nSPS) is 20.9. The summed E-state index contributed by atoms with van der Waals surface area (Å²) in [6, 6.07) is 4.21. The van der Waals surface area contributed by atoms with Gasteiger partial charge in [-0.05, 0) is 90.8 Å². The summed E-state index contributed by atoms with van der Waals surface area (Å²) in [7, 11) is -4.02. The van der Waals surface area contributed by atoms with Crippen LogP contribution in [0.25, 0.3) is 0 Å². The average molecular weight is 620 g/mol. The highest BCUT2D eigenvalue weighted by molar-refractivity contribution is 7.48. The minimum atomic E-state index is -4.55. The zero-order valence-corrected chi connectivity index (χ0v) is 27.2. The Morgan fingerprint density at radius 1 is 1.02 bits per heavy atom. The number of alkyl halides is 3. The number of rotatable bonds is 13. The van der Waals surface area contributed by atoms with Crippen molar-refractivity contribution in [2.45, 2.75) is 129 Å². The number of phosphoric ester groups is 1. The van der Waals surface area contributed by atoms with E-state index >= 15 is 0 Å². The van der Waals surface area contributed by atoms with Gasteiger partial charge >= 0.3 is 14.0 Å². The van der Waals surface area contributed by atoms with Crippen LogP contribution in [-0.2, 0) is 35.5 Å². The van der Waals surface area contributed by atoms with Crippen LogP contribution in [0.2, 0.25) is 0 Å². The van der Waals surface area contributed by atoms with Gasteiger partial charge in [0.1, 0.15) is 17.9 Å². The minimum Gasteiger partial charge on any atom is -0.493 e. The van der Waals surface area contributed by atoms with E-state index in [9.17, 15) is 17.7 Å². The summed E-state index contributed by atoms with van der Waals surface area (Å²) < 4.78 is 84.2. The maximum absolute atomic E-state index is 14.0. The molecule has 1 atom stereocenters. The zero-order valence-electron chi connectivity index (χ0n) is 26.3. The summed E-state index contributed by atoms with van der Waals surface area (Å²) in [5.74, 6) is 0.934. The summed E-state index contributed by atoms with van der Waals surface area (Å²) in [5.41, 5.74) is -2.89. The number of aryl methyl sites for hydroxylation is 1. The molecular formula is C31H49F3NO6P. The van der Waals surface area contributed by atoms with Crippen molar-refractivity contribution in [2.75, 3.05) is 19.8 Å². The van der Waals surface area contributed by atoms with Gasteiger partial charge in [0, 0.05) is 6.92 Å². The van der Waals surface area contributed by atoms with Gasteiger partial charge in [0.2, 0.25) is 0 Å². The third-order valence-corrected chi connectivity index (χ3v) is 9.16. The highest BCUT2D eigenvalue weighted by Gasteiger charge is 2.43. The number of hydrogen-bond donors (Lipinski definition) is 0. The predicted molar refractivity (Wildman–Crippen MR) is 158 cm³/mol. The van der Waals surface area contributed by atoms with Gasteiger partial charge in [-0.3, -0.25) is 13.6 Å². The summed E-state index contributed by atoms with van der Waals surface area (Å²) in [5, 5.41) is 0. The molecule has 42 heavy (non-hydrogen) atoms. The van der Waals surface area contributed by atoms with Crippen molar-refractivity contribution in [3.8, 4) is 5.75 Å². The van der Waals surface area contributed by atoms with Gasteiger partial charge in [0.25, 0.3) is 0 Å². The van der Waals surface area contributed by atoms with E-state index < -0.39 is 36.3 Å². The largest absolute Gasteiger partial charge is 0.493 e. The Balaban J connectivity index is 1.69. The maximum atomic E-state index is 14.0. The molecular weight excluding hydrogens is 570 g/mol. The second-order valence-corrected chi connectivity index (χ2v) is 15.1. The molecule has 7 nitrogen and oxygen atoms in total. The smallest absolute Gasteiger partial charge is 0.475 e. The fourth-order valence-corrected chi connectivity index (χ4v) is 7.22. The van der Waals surface area contributed by atoms with Crippen molar-refractivity contribution < 1.29 is 40.8 Å². The molecule has 11 heteroatoms. The van der Waals surface area contributed by atoms with E-state index in [4.69, 9.17) is 23.0 Å². The molecule has 0 bridgehead atoms. The van der Waals surface area contributed by atoms with Gasteiger partial charge in [-0.15, -0.1) is 0 Å². The predicted octanol–water partition coefficient (Wildman–Crippen LogP) is 9.32. The Morgan fingerprint density at radius 3 is 2.21 bits per heavy atom. The molecule has 0 spiro atoms. The molecule has 1 aromatic rings. The Bertz CT molecular complexity index is 1090. The summed E-state index contributed by atoms with van der Waals surface area (Å²) >= 11 is 0. The monoisotopic (exact) mass is 619 g/mol. The van der Waals surface area contributed by atoms with Crippen molar-refractivity contribution in [1.82, 2.24) is 0 Å². The maximum Gasteiger partial charge on any atom is 0.475 e. The van der Waals surface area contributed by atoms with Crippen molar-refractivity contribution in [2.24, 2.45) is 10.9 Å². The Labute approximate surface area is 249 Å². The first-order valence-electron chi connectivity index (χ1n) is 15.1. The molecule has 1 unspecified atom stereocenters. The van der Waals surface area contributed by atoms with Crippen LogP contribution in [0.15, 0.2) is 23.2 Å². The van der Waals surface area contributed by atoms with Gasteiger partial charge < -0.3 is 9.47 Å². The van der Waals surface area contributed by atoms with Crippen LogP contribution in [-0.4, -0.2) is 42.5 Å². The first-order chi connectivity index (χ1) is 19.4. The molecule has 2 aliphatic rings. The van der Waals surface area contributed by atoms with E-state index in [-0.39, 0.29) is 32.0 Å². The lowest BCUT2D eigenvalue weighted by Gasteiger charge is -2.33. The molecule has 1 saturated carbocycles. The molecule has 1 fully saturated rings. The van der Waals surface area contributed by atoms with Crippen LogP contribution < -0.4 is 4.74 Å².